The lowest BCUT2D eigenvalue weighted by Crippen LogP contribution is -2.24. The predicted molar refractivity (Wildman–Crippen MR) is 144 cm³/mol. The number of methoxy groups -OCH3 is 1. The molecular weight excluding hydrogens is 488 g/mol. The highest BCUT2D eigenvalue weighted by Crippen LogP contribution is 2.31. The van der Waals surface area contributed by atoms with Crippen molar-refractivity contribution in [3.8, 4) is 17.2 Å². The molecule has 0 spiro atoms. The SMILES string of the molecule is CCc1cc(C=CC(=O)c2ccc(OCOC(=O)C(C)(C)C)cc2)c(OC)cc1OCOC(=O)C(C)(C)C. The average molecular weight is 527 g/mol. The highest BCUT2D eigenvalue weighted by Gasteiger charge is 2.24. The molecule has 0 heterocycles. The second kappa shape index (κ2) is 13.1. The number of ketones is 1. The summed E-state index contributed by atoms with van der Waals surface area (Å²) in [6, 6.07) is 10.1. The van der Waals surface area contributed by atoms with Gasteiger partial charge in [-0.25, -0.2) is 0 Å². The Morgan fingerprint density at radius 3 is 1.84 bits per heavy atom. The fraction of sp³-hybridized carbons (Fsp3) is 0.433. The van der Waals surface area contributed by atoms with Gasteiger partial charge in [0.2, 0.25) is 13.6 Å². The molecule has 0 aliphatic heterocycles. The molecule has 0 unspecified atom stereocenters. The molecule has 0 aliphatic rings. The normalized spacial score (nSPS) is 11.7. The largest absolute Gasteiger partial charge is 0.496 e. The van der Waals surface area contributed by atoms with Gasteiger partial charge in [-0.3, -0.25) is 14.4 Å². The highest BCUT2D eigenvalue weighted by molar-refractivity contribution is 6.07. The van der Waals surface area contributed by atoms with Crippen LogP contribution in [-0.4, -0.2) is 38.4 Å². The second-order valence-electron chi connectivity index (χ2n) is 10.7. The lowest BCUT2D eigenvalue weighted by Gasteiger charge is -2.18. The summed E-state index contributed by atoms with van der Waals surface area (Å²) in [7, 11) is 1.53. The standard InChI is InChI=1S/C30H38O8/c1-9-20-16-22(25(34-8)17-26(20)36-19-38-28(33)30(5,6)7)12-15-24(31)21-10-13-23(14-11-21)35-18-37-27(32)29(2,3)4/h10-17H,9,18-19H2,1-8H3. The van der Waals surface area contributed by atoms with Gasteiger partial charge in [-0.05, 0) is 96.0 Å². The lowest BCUT2D eigenvalue weighted by atomic mass is 9.97. The first-order valence-corrected chi connectivity index (χ1v) is 12.4. The van der Waals surface area contributed by atoms with Crippen molar-refractivity contribution in [1.82, 2.24) is 0 Å². The van der Waals surface area contributed by atoms with Gasteiger partial charge in [0.1, 0.15) is 17.2 Å². The van der Waals surface area contributed by atoms with E-state index in [0.29, 0.717) is 34.8 Å². The van der Waals surface area contributed by atoms with Crippen molar-refractivity contribution in [2.75, 3.05) is 20.7 Å². The van der Waals surface area contributed by atoms with Gasteiger partial charge in [-0.1, -0.05) is 6.92 Å². The third kappa shape index (κ3) is 8.94. The number of hydrogen-bond acceptors (Lipinski definition) is 8. The van der Waals surface area contributed by atoms with Gasteiger partial charge < -0.3 is 23.7 Å². The smallest absolute Gasteiger partial charge is 0.314 e. The highest BCUT2D eigenvalue weighted by atomic mass is 16.7. The van der Waals surface area contributed by atoms with Gasteiger partial charge in [0.05, 0.1) is 17.9 Å². The summed E-state index contributed by atoms with van der Waals surface area (Å²) < 4.78 is 26.9. The third-order valence-electron chi connectivity index (χ3n) is 5.39. The van der Waals surface area contributed by atoms with E-state index in [1.807, 2.05) is 13.0 Å². The maximum absolute atomic E-state index is 12.7. The van der Waals surface area contributed by atoms with Crippen LogP contribution in [0, 0.1) is 10.8 Å². The number of hydrogen-bond donors (Lipinski definition) is 0. The summed E-state index contributed by atoms with van der Waals surface area (Å²) in [5, 5.41) is 0. The van der Waals surface area contributed by atoms with E-state index in [1.165, 1.54) is 13.2 Å². The predicted octanol–water partition coefficient (Wildman–Crippen LogP) is 6.00. The van der Waals surface area contributed by atoms with Gasteiger partial charge >= 0.3 is 11.9 Å². The number of carbonyl (C=O) groups excluding carboxylic acids is 3. The van der Waals surface area contributed by atoms with Crippen molar-refractivity contribution in [3.63, 3.8) is 0 Å². The van der Waals surface area contributed by atoms with E-state index >= 15 is 0 Å². The van der Waals surface area contributed by atoms with E-state index in [0.717, 1.165) is 5.56 Å². The fourth-order valence-electron chi connectivity index (χ4n) is 3.05. The number of carbonyl (C=O) groups is 3. The molecule has 8 nitrogen and oxygen atoms in total. The molecular formula is C30H38O8. The van der Waals surface area contributed by atoms with E-state index in [9.17, 15) is 14.4 Å². The Balaban J connectivity index is 2.05. The molecule has 0 aromatic heterocycles. The second-order valence-corrected chi connectivity index (χ2v) is 10.7. The fourth-order valence-corrected chi connectivity index (χ4v) is 3.05. The minimum absolute atomic E-state index is 0.203. The van der Waals surface area contributed by atoms with E-state index < -0.39 is 10.8 Å². The van der Waals surface area contributed by atoms with Crippen molar-refractivity contribution >= 4 is 23.8 Å². The van der Waals surface area contributed by atoms with Crippen LogP contribution in [0.3, 0.4) is 0 Å². The topological polar surface area (TPSA) is 97.4 Å². The zero-order valence-corrected chi connectivity index (χ0v) is 23.5. The Morgan fingerprint density at radius 1 is 0.789 bits per heavy atom. The van der Waals surface area contributed by atoms with Gasteiger partial charge in [-0.2, -0.15) is 0 Å². The number of benzene rings is 2. The zero-order chi connectivity index (χ0) is 28.5. The monoisotopic (exact) mass is 526 g/mol. The van der Waals surface area contributed by atoms with Crippen LogP contribution in [0.2, 0.25) is 0 Å². The first-order valence-electron chi connectivity index (χ1n) is 12.4. The molecule has 2 aromatic carbocycles. The summed E-state index contributed by atoms with van der Waals surface area (Å²) in [6.45, 7) is 12.2. The number of allylic oxidation sites excluding steroid dienone is 1. The van der Waals surface area contributed by atoms with Crippen molar-refractivity contribution in [3.05, 3.63) is 59.2 Å². The lowest BCUT2D eigenvalue weighted by molar-refractivity contribution is -0.160. The molecule has 2 aromatic rings. The van der Waals surface area contributed by atoms with Crippen LogP contribution in [0.15, 0.2) is 42.5 Å². The molecule has 0 radical (unpaired) electrons. The summed E-state index contributed by atoms with van der Waals surface area (Å²) in [5.41, 5.74) is 0.816. The Morgan fingerprint density at radius 2 is 1.34 bits per heavy atom. The molecule has 0 saturated heterocycles. The Hall–Kier alpha value is -3.81. The minimum atomic E-state index is -0.621. The number of ether oxygens (including phenoxy) is 5. The molecule has 38 heavy (non-hydrogen) atoms. The van der Waals surface area contributed by atoms with E-state index in [1.54, 1.807) is 78.0 Å². The van der Waals surface area contributed by atoms with Gasteiger partial charge in [0.25, 0.3) is 0 Å². The van der Waals surface area contributed by atoms with Crippen molar-refractivity contribution in [2.45, 2.75) is 54.9 Å². The Labute approximate surface area is 224 Å². The van der Waals surface area contributed by atoms with Crippen LogP contribution in [0.25, 0.3) is 6.08 Å². The third-order valence-corrected chi connectivity index (χ3v) is 5.39. The molecule has 0 N–H and O–H groups in total. The first-order chi connectivity index (χ1) is 17.8. The molecule has 8 heteroatoms. The quantitative estimate of drug-likeness (QED) is 0.152. The molecule has 0 fully saturated rings. The molecule has 206 valence electrons. The summed E-state index contributed by atoms with van der Waals surface area (Å²) in [5.74, 6) is 0.606. The zero-order valence-electron chi connectivity index (χ0n) is 23.5. The number of esters is 2. The Kier molecular flexibility index (Phi) is 10.5. The van der Waals surface area contributed by atoms with Crippen molar-refractivity contribution in [2.24, 2.45) is 10.8 Å². The van der Waals surface area contributed by atoms with Crippen LogP contribution in [0.1, 0.15) is 70.0 Å². The van der Waals surface area contributed by atoms with Gasteiger partial charge in [0, 0.05) is 17.2 Å². The van der Waals surface area contributed by atoms with Crippen molar-refractivity contribution < 1.29 is 38.1 Å². The van der Waals surface area contributed by atoms with Gasteiger partial charge in [-0.15, -0.1) is 0 Å². The van der Waals surface area contributed by atoms with Crippen LogP contribution in [0.5, 0.6) is 17.2 Å². The van der Waals surface area contributed by atoms with E-state index in [-0.39, 0.29) is 31.3 Å². The average Bonchev–Trinajstić information content (AvgIpc) is 2.86. The summed E-state index contributed by atoms with van der Waals surface area (Å²) in [4.78, 5) is 36.5. The van der Waals surface area contributed by atoms with Crippen molar-refractivity contribution in [1.29, 1.82) is 0 Å². The van der Waals surface area contributed by atoms with Crippen LogP contribution in [-0.2, 0) is 25.5 Å². The first kappa shape index (κ1) is 30.4. The summed E-state index contributed by atoms with van der Waals surface area (Å²) >= 11 is 0. The number of rotatable bonds is 11. The maximum Gasteiger partial charge on any atom is 0.314 e. The molecule has 0 saturated carbocycles. The molecule has 0 amide bonds. The maximum atomic E-state index is 12.7. The van der Waals surface area contributed by atoms with E-state index in [4.69, 9.17) is 23.7 Å². The molecule has 2 rings (SSSR count). The van der Waals surface area contributed by atoms with Gasteiger partial charge in [0.15, 0.2) is 5.78 Å². The minimum Gasteiger partial charge on any atom is -0.496 e. The molecule has 0 aliphatic carbocycles. The Bertz CT molecular complexity index is 1150. The molecule has 0 bridgehead atoms. The molecule has 0 atom stereocenters. The summed E-state index contributed by atoms with van der Waals surface area (Å²) in [6.07, 6.45) is 3.80. The van der Waals surface area contributed by atoms with Crippen LogP contribution < -0.4 is 14.2 Å². The van der Waals surface area contributed by atoms with Crippen LogP contribution in [0.4, 0.5) is 0 Å². The number of aryl methyl sites for hydroxylation is 1. The van der Waals surface area contributed by atoms with Crippen LogP contribution >= 0.6 is 0 Å². The van der Waals surface area contributed by atoms with E-state index in [2.05, 4.69) is 0 Å².